The van der Waals surface area contributed by atoms with Crippen molar-refractivity contribution in [2.75, 3.05) is 0 Å². The predicted molar refractivity (Wildman–Crippen MR) is 77.9 cm³/mol. The van der Waals surface area contributed by atoms with Gasteiger partial charge in [0.15, 0.2) is 16.8 Å². The summed E-state index contributed by atoms with van der Waals surface area (Å²) < 4.78 is 157. The monoisotopic (exact) mass is 476 g/mol. The van der Waals surface area contributed by atoms with Crippen molar-refractivity contribution in [3.05, 3.63) is 46.1 Å². The number of alkyl halides is 9. The van der Waals surface area contributed by atoms with Gasteiger partial charge in [-0.05, 0) is 18.2 Å². The minimum Gasteiger partial charge on any atom is -0.301 e. The molecule has 1 heterocycles. The van der Waals surface area contributed by atoms with Crippen molar-refractivity contribution in [3.8, 4) is 0 Å². The standard InChI is InChI=1S/C14H4F12N2OS/c15-5-2-1-4(3-6(5)16)9(29)27-10-28-11(13(21,22)23,14(24,25)26)8(30-10)7(17)12(18,19)20/h1-3H,(H,27,28,29). The Morgan fingerprint density at radius 2 is 1.47 bits per heavy atom. The van der Waals surface area contributed by atoms with Crippen LogP contribution >= 0.6 is 11.8 Å². The zero-order chi connectivity index (χ0) is 23.3. The third-order valence-electron chi connectivity index (χ3n) is 3.47. The van der Waals surface area contributed by atoms with Gasteiger partial charge in [-0.25, -0.2) is 18.2 Å². The van der Waals surface area contributed by atoms with Gasteiger partial charge < -0.3 is 5.32 Å². The summed E-state index contributed by atoms with van der Waals surface area (Å²) in [6, 6.07) is 1.17. The molecule has 1 N–H and O–H groups in total. The van der Waals surface area contributed by atoms with Crippen LogP contribution in [0.15, 0.2) is 33.9 Å². The minimum absolute atomic E-state index is 0.207. The first-order valence-corrected chi connectivity index (χ1v) is 7.88. The number of nitrogens with zero attached hydrogens (tertiary/aromatic N) is 1. The summed E-state index contributed by atoms with van der Waals surface area (Å²) in [4.78, 5) is 11.1. The molecule has 0 radical (unpaired) electrons. The quantitative estimate of drug-likeness (QED) is 0.552. The molecule has 166 valence electrons. The van der Waals surface area contributed by atoms with E-state index in [0.29, 0.717) is 12.1 Å². The second-order valence-electron chi connectivity index (χ2n) is 5.45. The van der Waals surface area contributed by atoms with Crippen molar-refractivity contribution in [3.63, 3.8) is 0 Å². The molecule has 0 saturated carbocycles. The van der Waals surface area contributed by atoms with Gasteiger partial charge in [-0.2, -0.15) is 39.5 Å². The van der Waals surface area contributed by atoms with Crippen LogP contribution in [0.25, 0.3) is 0 Å². The van der Waals surface area contributed by atoms with Crippen LogP contribution in [-0.4, -0.2) is 35.1 Å². The van der Waals surface area contributed by atoms with Crippen LogP contribution < -0.4 is 5.32 Å². The molecule has 0 aliphatic carbocycles. The van der Waals surface area contributed by atoms with Gasteiger partial charge in [0.05, 0.1) is 4.91 Å². The van der Waals surface area contributed by atoms with E-state index in [2.05, 4.69) is 4.99 Å². The number of amides is 1. The highest BCUT2D eigenvalue weighted by molar-refractivity contribution is 8.17. The van der Waals surface area contributed by atoms with Crippen LogP contribution in [0, 0.1) is 11.6 Å². The minimum atomic E-state index is -6.59. The number of rotatable bonds is 1. The Kier molecular flexibility index (Phi) is 5.88. The Bertz CT molecular complexity index is 914. The number of allylic oxidation sites excluding steroid dienone is 1. The Labute approximate surface area is 161 Å². The lowest BCUT2D eigenvalue weighted by Gasteiger charge is -2.31. The van der Waals surface area contributed by atoms with Crippen LogP contribution in [0.5, 0.6) is 0 Å². The number of carbonyl (C=O) groups excluding carboxylic acids is 1. The maximum absolute atomic E-state index is 13.6. The fourth-order valence-electron chi connectivity index (χ4n) is 2.13. The lowest BCUT2D eigenvalue weighted by atomic mass is 9.97. The fourth-order valence-corrected chi connectivity index (χ4v) is 3.28. The number of nitrogens with one attached hydrogen (secondary N) is 1. The molecule has 0 atom stereocenters. The SMILES string of the molecule is O=C(NC1=NC(C(F)(F)F)(C(F)(F)F)C(=C(F)C(F)(F)F)S1)c1ccc(F)c(F)c1. The summed E-state index contributed by atoms with van der Waals surface area (Å²) in [5.74, 6) is -8.44. The van der Waals surface area contributed by atoms with E-state index in [4.69, 9.17) is 0 Å². The Balaban J connectivity index is 2.60. The first-order valence-electron chi connectivity index (χ1n) is 7.07. The average molecular weight is 476 g/mol. The van der Waals surface area contributed by atoms with Crippen LogP contribution in [0.2, 0.25) is 0 Å². The van der Waals surface area contributed by atoms with E-state index in [1.807, 2.05) is 0 Å². The summed E-state index contributed by atoms with van der Waals surface area (Å²) in [6.45, 7) is 0. The fraction of sp³-hybridized carbons (Fsp3) is 0.286. The first kappa shape index (κ1) is 23.9. The van der Waals surface area contributed by atoms with E-state index in [0.717, 1.165) is 0 Å². The summed E-state index contributed by atoms with van der Waals surface area (Å²) in [5.41, 5.74) is -6.48. The topological polar surface area (TPSA) is 41.5 Å². The largest absolute Gasteiger partial charge is 0.443 e. The molecule has 1 aliphatic rings. The van der Waals surface area contributed by atoms with Crippen molar-refractivity contribution in [1.82, 2.24) is 5.32 Å². The van der Waals surface area contributed by atoms with Crippen molar-refractivity contribution in [2.24, 2.45) is 4.99 Å². The summed E-state index contributed by atoms with van der Waals surface area (Å²) in [6.07, 6.45) is -19.4. The number of aliphatic imine (C=N–C) groups is 1. The lowest BCUT2D eigenvalue weighted by Crippen LogP contribution is -2.55. The van der Waals surface area contributed by atoms with E-state index >= 15 is 0 Å². The van der Waals surface area contributed by atoms with E-state index in [-0.39, 0.29) is 6.07 Å². The van der Waals surface area contributed by atoms with Crippen LogP contribution in [0.1, 0.15) is 10.4 Å². The number of hydrogen-bond acceptors (Lipinski definition) is 3. The first-order chi connectivity index (χ1) is 13.4. The van der Waals surface area contributed by atoms with Gasteiger partial charge in [0.2, 0.25) is 5.83 Å². The third kappa shape index (κ3) is 4.09. The van der Waals surface area contributed by atoms with Gasteiger partial charge >= 0.3 is 18.5 Å². The molecule has 0 unspecified atom stereocenters. The molecule has 1 aromatic rings. The molecule has 0 fully saturated rings. The summed E-state index contributed by atoms with van der Waals surface area (Å²) in [7, 11) is 0. The highest BCUT2D eigenvalue weighted by Gasteiger charge is 2.77. The molecule has 30 heavy (non-hydrogen) atoms. The molecule has 0 bridgehead atoms. The number of hydrogen-bond donors (Lipinski definition) is 1. The van der Waals surface area contributed by atoms with Crippen molar-refractivity contribution >= 4 is 22.8 Å². The lowest BCUT2D eigenvalue weighted by molar-refractivity contribution is -0.280. The number of amidine groups is 1. The molecule has 1 aliphatic heterocycles. The van der Waals surface area contributed by atoms with Crippen LogP contribution in [-0.2, 0) is 0 Å². The molecule has 2 rings (SSSR count). The molecule has 1 aromatic carbocycles. The molecular formula is C14H4F12N2OS. The third-order valence-corrected chi connectivity index (χ3v) is 4.53. The van der Waals surface area contributed by atoms with Crippen molar-refractivity contribution in [2.45, 2.75) is 24.1 Å². The molecule has 16 heteroatoms. The van der Waals surface area contributed by atoms with Crippen LogP contribution in [0.3, 0.4) is 0 Å². The number of thioether (sulfide) groups is 1. The molecule has 0 saturated heterocycles. The van der Waals surface area contributed by atoms with E-state index in [1.165, 1.54) is 5.32 Å². The van der Waals surface area contributed by atoms with Gasteiger partial charge in [0.1, 0.15) is 0 Å². The number of halogens is 12. The molecule has 3 nitrogen and oxygen atoms in total. The highest BCUT2D eigenvalue weighted by atomic mass is 32.2. The van der Waals surface area contributed by atoms with Gasteiger partial charge in [-0.3, -0.25) is 4.79 Å². The molecule has 1 amide bonds. The van der Waals surface area contributed by atoms with Gasteiger partial charge in [0, 0.05) is 5.56 Å². The smallest absolute Gasteiger partial charge is 0.301 e. The molecule has 0 aromatic heterocycles. The van der Waals surface area contributed by atoms with Gasteiger partial charge in [-0.15, -0.1) is 0 Å². The predicted octanol–water partition coefficient (Wildman–Crippen LogP) is 5.40. The maximum Gasteiger partial charge on any atom is 0.443 e. The van der Waals surface area contributed by atoms with Crippen LogP contribution in [0.4, 0.5) is 52.7 Å². The molecule has 0 spiro atoms. The number of benzene rings is 1. The zero-order valence-electron chi connectivity index (χ0n) is 13.5. The van der Waals surface area contributed by atoms with Gasteiger partial charge in [0.25, 0.3) is 11.4 Å². The second kappa shape index (κ2) is 7.39. The number of carbonyl (C=O) groups is 1. The van der Waals surface area contributed by atoms with E-state index in [1.54, 1.807) is 0 Å². The Hall–Kier alpha value is -2.39. The Morgan fingerprint density at radius 3 is 1.90 bits per heavy atom. The Morgan fingerprint density at radius 1 is 0.933 bits per heavy atom. The van der Waals surface area contributed by atoms with Crippen molar-refractivity contribution < 1.29 is 57.5 Å². The van der Waals surface area contributed by atoms with E-state index < -0.39 is 74.8 Å². The normalized spacial score (nSPS) is 18.9. The summed E-state index contributed by atoms with van der Waals surface area (Å²) >= 11 is -1.07. The summed E-state index contributed by atoms with van der Waals surface area (Å²) in [5, 5.41) is -0.406. The van der Waals surface area contributed by atoms with Crippen molar-refractivity contribution in [1.29, 1.82) is 0 Å². The highest BCUT2D eigenvalue weighted by Crippen LogP contribution is 2.59. The van der Waals surface area contributed by atoms with Gasteiger partial charge in [-0.1, -0.05) is 11.8 Å². The van der Waals surface area contributed by atoms with E-state index in [9.17, 15) is 57.5 Å². The second-order valence-corrected chi connectivity index (χ2v) is 6.45. The zero-order valence-corrected chi connectivity index (χ0v) is 14.3. The molecular weight excluding hydrogens is 472 g/mol. The average Bonchev–Trinajstić information content (AvgIpc) is 2.95. The maximum atomic E-state index is 13.6.